The van der Waals surface area contributed by atoms with Gasteiger partial charge in [-0.15, -0.1) is 0 Å². The van der Waals surface area contributed by atoms with E-state index >= 15 is 0 Å². The van der Waals surface area contributed by atoms with Crippen molar-refractivity contribution in [3.8, 4) is 0 Å². The first-order valence-corrected chi connectivity index (χ1v) is 34.1. The van der Waals surface area contributed by atoms with Gasteiger partial charge in [0.1, 0.15) is 6.10 Å². The standard InChI is InChI=1S/C27H60O14Si8/c1-12-25(29-26(28)27(10,11)13-2)23-21-22-24-49-39-46(18-7)33-43(15-4)30-42(14-3)31-44(16-5,35-46)37-48(20-9,41-49)38-45(17-6,32-42)36-47(19-8,34-43)40-49/h25H,12-24H2,1-11H3. The van der Waals surface area contributed by atoms with Crippen LogP contribution in [0.4, 0.5) is 0 Å². The molecule has 0 N–H and O–H groups in total. The van der Waals surface area contributed by atoms with Crippen molar-refractivity contribution in [2.24, 2.45) is 5.41 Å². The van der Waals surface area contributed by atoms with Gasteiger partial charge in [-0.3, -0.25) is 4.79 Å². The maximum absolute atomic E-state index is 12.9. The molecule has 0 aromatic heterocycles. The first kappa shape index (κ1) is 40.9. The van der Waals surface area contributed by atoms with Crippen LogP contribution in [0.5, 0.6) is 0 Å². The molecule has 22 heteroatoms. The molecule has 6 heterocycles. The van der Waals surface area contributed by atoms with Crippen molar-refractivity contribution in [3.63, 3.8) is 0 Å². The summed E-state index contributed by atoms with van der Waals surface area (Å²) in [5.74, 6) is -0.165. The zero-order chi connectivity index (χ0) is 36.0. The molecule has 6 saturated heterocycles. The first-order chi connectivity index (χ1) is 23.0. The largest absolute Gasteiger partial charge is 0.478 e. The first-order valence-electron chi connectivity index (χ1n) is 18.7. The molecule has 0 saturated carbocycles. The summed E-state index contributed by atoms with van der Waals surface area (Å²) >= 11 is 0. The molecule has 8 bridgehead atoms. The van der Waals surface area contributed by atoms with Crippen LogP contribution in [-0.2, 0) is 58.9 Å². The second-order valence-electron chi connectivity index (χ2n) is 14.1. The Morgan fingerprint density at radius 3 is 1.02 bits per heavy atom. The topological polar surface area (TPSA) is 137 Å². The molecule has 1 atom stereocenters. The second kappa shape index (κ2) is 14.8. The molecule has 6 rings (SSSR count). The summed E-state index contributed by atoms with van der Waals surface area (Å²) in [5, 5.41) is 0. The minimum Gasteiger partial charge on any atom is -0.462 e. The summed E-state index contributed by atoms with van der Waals surface area (Å²) in [6.45, 7) is 21.8. The fraction of sp³-hybridized carbons (Fsp3) is 0.963. The van der Waals surface area contributed by atoms with Crippen LogP contribution in [0.2, 0.25) is 48.4 Å². The minimum absolute atomic E-state index is 0.165. The van der Waals surface area contributed by atoms with Crippen molar-refractivity contribution in [2.75, 3.05) is 0 Å². The number of hydrogen-bond donors (Lipinski definition) is 0. The second-order valence-corrected chi connectivity index (χ2v) is 40.3. The van der Waals surface area contributed by atoms with Gasteiger partial charge in [0.05, 0.1) is 5.41 Å². The van der Waals surface area contributed by atoms with E-state index < -0.39 is 75.9 Å². The molecule has 49 heavy (non-hydrogen) atoms. The van der Waals surface area contributed by atoms with E-state index in [-0.39, 0.29) is 12.1 Å². The molecule has 1 unspecified atom stereocenters. The van der Waals surface area contributed by atoms with Gasteiger partial charge in [-0.2, -0.15) is 0 Å². The van der Waals surface area contributed by atoms with Crippen LogP contribution in [-0.4, -0.2) is 82.5 Å². The number of ether oxygens (including phenoxy) is 1. The molecule has 0 aromatic rings. The highest BCUT2D eigenvalue weighted by Gasteiger charge is 2.81. The smallest absolute Gasteiger partial charge is 0.462 e. The van der Waals surface area contributed by atoms with Crippen LogP contribution >= 0.6 is 0 Å². The summed E-state index contributed by atoms with van der Waals surface area (Å²) in [6, 6.07) is 3.38. The zero-order valence-corrected chi connectivity index (χ0v) is 39.5. The van der Waals surface area contributed by atoms with Crippen molar-refractivity contribution in [2.45, 2.75) is 163 Å². The SMILES string of the molecule is CCC(CCCC[Si]12O[Si]3(CC)O[Si]4(CC)O[Si]5(CC)O[Si](CC)(O3)O[Si](CC)(O[Si](CC)(O5)O[Si](CC)(O4)O1)O2)OC(=O)C(C)(C)CC. The lowest BCUT2D eigenvalue weighted by Gasteiger charge is -2.63. The number of hydrogen-bond acceptors (Lipinski definition) is 14. The van der Waals surface area contributed by atoms with Crippen LogP contribution in [0.3, 0.4) is 0 Å². The number of unbranched alkanes of at least 4 members (excludes halogenated alkanes) is 1. The molecule has 284 valence electrons. The van der Waals surface area contributed by atoms with E-state index in [0.29, 0.717) is 67.6 Å². The Bertz CT molecular complexity index is 1080. The zero-order valence-electron chi connectivity index (χ0n) is 31.5. The highest BCUT2D eigenvalue weighted by molar-refractivity contribution is 7.03. The molecule has 6 aliphatic rings. The Morgan fingerprint density at radius 2 is 0.776 bits per heavy atom. The summed E-state index contributed by atoms with van der Waals surface area (Å²) in [5.41, 5.74) is -0.525. The van der Waals surface area contributed by atoms with Crippen molar-refractivity contribution < 1.29 is 58.9 Å². The van der Waals surface area contributed by atoms with Gasteiger partial charge in [0, 0.05) is 48.4 Å². The lowest BCUT2D eigenvalue weighted by molar-refractivity contribution is -0.160. The lowest BCUT2D eigenvalue weighted by Crippen LogP contribution is -2.88. The molecular weight excluding hydrogens is 773 g/mol. The Kier molecular flexibility index (Phi) is 12.3. The van der Waals surface area contributed by atoms with Crippen LogP contribution in [0.15, 0.2) is 0 Å². The molecule has 0 spiro atoms. The highest BCUT2D eigenvalue weighted by Crippen LogP contribution is 2.53. The number of carbonyl (C=O) groups excluding carboxylic acids is 1. The third-order valence-electron chi connectivity index (χ3n) is 10.2. The molecule has 14 nitrogen and oxygen atoms in total. The quantitative estimate of drug-likeness (QED) is 0.0913. The number of carbonyl (C=O) groups is 1. The molecular formula is C27H60O14Si8. The normalized spacial score (nSPS) is 43.7. The molecule has 6 fully saturated rings. The average Bonchev–Trinajstić information content (AvgIpc) is 3.05. The van der Waals surface area contributed by atoms with Crippen LogP contribution < -0.4 is 0 Å². The summed E-state index contributed by atoms with van der Waals surface area (Å²) in [7, 11) is -29.5. The van der Waals surface area contributed by atoms with Gasteiger partial charge in [-0.05, 0) is 46.0 Å². The van der Waals surface area contributed by atoms with Crippen molar-refractivity contribution in [3.05, 3.63) is 0 Å². The maximum atomic E-state index is 12.9. The van der Waals surface area contributed by atoms with Crippen LogP contribution in [0.1, 0.15) is 108 Å². The molecule has 0 aromatic carbocycles. The fourth-order valence-electron chi connectivity index (χ4n) is 6.53. The van der Waals surface area contributed by atoms with Gasteiger partial charge in [0.15, 0.2) is 0 Å². The Morgan fingerprint density at radius 1 is 0.490 bits per heavy atom. The number of esters is 1. The van der Waals surface area contributed by atoms with Gasteiger partial charge in [-0.1, -0.05) is 62.3 Å². The lowest BCUT2D eigenvalue weighted by atomic mass is 9.90. The Balaban J connectivity index is 1.59. The van der Waals surface area contributed by atoms with Crippen LogP contribution in [0.25, 0.3) is 0 Å². The van der Waals surface area contributed by atoms with Gasteiger partial charge in [0.2, 0.25) is 0 Å². The molecule has 6 aliphatic heterocycles. The van der Waals surface area contributed by atoms with Crippen molar-refractivity contribution in [1.82, 2.24) is 0 Å². The molecule has 0 amide bonds. The van der Waals surface area contributed by atoms with Crippen molar-refractivity contribution >= 4 is 76.4 Å². The highest BCUT2D eigenvalue weighted by atomic mass is 28.6. The fourth-order valence-corrected chi connectivity index (χ4v) is 56.3. The van der Waals surface area contributed by atoms with Crippen molar-refractivity contribution in [1.29, 1.82) is 0 Å². The van der Waals surface area contributed by atoms with Crippen LogP contribution in [0, 0.1) is 5.41 Å². The molecule has 0 aliphatic carbocycles. The van der Waals surface area contributed by atoms with Gasteiger partial charge in [0.25, 0.3) is 0 Å². The van der Waals surface area contributed by atoms with E-state index in [0.717, 1.165) is 12.8 Å². The Hall–Kier alpha value is 0.725. The maximum Gasteiger partial charge on any atom is 0.478 e. The predicted molar refractivity (Wildman–Crippen MR) is 195 cm³/mol. The third-order valence-corrected chi connectivity index (χ3v) is 47.1. The summed E-state index contributed by atoms with van der Waals surface area (Å²) < 4.78 is 92.5. The van der Waals surface area contributed by atoms with Gasteiger partial charge in [-0.25, -0.2) is 0 Å². The monoisotopic (exact) mass is 832 g/mol. The summed E-state index contributed by atoms with van der Waals surface area (Å²) in [4.78, 5) is 12.9. The van der Waals surface area contributed by atoms with Gasteiger partial charge >= 0.3 is 76.4 Å². The third kappa shape index (κ3) is 7.81. The predicted octanol–water partition coefficient (Wildman–Crippen LogP) is 6.83. The Labute approximate surface area is 302 Å². The van der Waals surface area contributed by atoms with E-state index in [2.05, 4.69) is 0 Å². The van der Waals surface area contributed by atoms with E-state index in [1.165, 1.54) is 0 Å². The number of rotatable bonds is 16. The van der Waals surface area contributed by atoms with E-state index in [1.807, 2.05) is 76.2 Å². The van der Waals surface area contributed by atoms with E-state index in [4.69, 9.17) is 54.1 Å². The van der Waals surface area contributed by atoms with E-state index in [9.17, 15) is 4.79 Å². The average molecular weight is 833 g/mol. The van der Waals surface area contributed by atoms with E-state index in [1.54, 1.807) is 0 Å². The minimum atomic E-state index is -3.81. The summed E-state index contributed by atoms with van der Waals surface area (Å²) in [6.07, 6.45) is 3.38. The molecule has 0 radical (unpaired) electrons. The van der Waals surface area contributed by atoms with Gasteiger partial charge < -0.3 is 54.1 Å².